The number of amides is 2. The maximum Gasteiger partial charge on any atom is 0.239 e. The number of nitrogens with zero attached hydrogens (tertiary/aromatic N) is 2. The van der Waals surface area contributed by atoms with Gasteiger partial charge in [0.05, 0.1) is 13.1 Å². The molecule has 0 bridgehead atoms. The van der Waals surface area contributed by atoms with Crippen LogP contribution >= 0.6 is 0 Å². The molecule has 0 unspecified atom stereocenters. The Morgan fingerprint density at radius 1 is 1.22 bits per heavy atom. The molecule has 0 aliphatic carbocycles. The fourth-order valence-corrected chi connectivity index (χ4v) is 1.47. The van der Waals surface area contributed by atoms with Crippen LogP contribution in [-0.4, -0.2) is 67.9 Å². The lowest BCUT2D eigenvalue weighted by Crippen LogP contribution is -2.44. The lowest BCUT2D eigenvalue weighted by molar-refractivity contribution is -0.135. The molecule has 0 spiro atoms. The van der Waals surface area contributed by atoms with Crippen LogP contribution in [0.2, 0.25) is 0 Å². The molecule has 0 saturated carbocycles. The Labute approximate surface area is 109 Å². The van der Waals surface area contributed by atoms with Crippen LogP contribution in [0.5, 0.6) is 0 Å². The largest absolute Gasteiger partial charge is 0.355 e. The quantitative estimate of drug-likeness (QED) is 0.570. The van der Waals surface area contributed by atoms with E-state index < -0.39 is 0 Å². The Hall–Kier alpha value is -1.14. The minimum Gasteiger partial charge on any atom is -0.355 e. The second kappa shape index (κ2) is 9.85. The average molecular weight is 258 g/mol. The highest BCUT2D eigenvalue weighted by molar-refractivity contribution is 5.85. The van der Waals surface area contributed by atoms with Gasteiger partial charge in [0.1, 0.15) is 0 Å². The Kier molecular flexibility index (Phi) is 9.22. The maximum atomic E-state index is 11.9. The molecule has 0 aromatic carbocycles. The standard InChI is InChI=1S/C12H26N4O2/c1-4-7-14-11(17)9-15(3)12(18)10-16(5-2)8-6-13/h4-10,13H2,1-3H3,(H,14,17). The Morgan fingerprint density at radius 3 is 2.39 bits per heavy atom. The van der Waals surface area contributed by atoms with Gasteiger partial charge in [0, 0.05) is 26.7 Å². The zero-order chi connectivity index (χ0) is 14.0. The lowest BCUT2D eigenvalue weighted by atomic mass is 10.4. The summed E-state index contributed by atoms with van der Waals surface area (Å²) in [6.45, 7) is 7.04. The number of likely N-dealkylation sites (N-methyl/N-ethyl adjacent to an activating group) is 2. The van der Waals surface area contributed by atoms with Gasteiger partial charge in [-0.2, -0.15) is 0 Å². The van der Waals surface area contributed by atoms with E-state index in [9.17, 15) is 9.59 Å². The topological polar surface area (TPSA) is 78.7 Å². The van der Waals surface area contributed by atoms with Crippen LogP contribution in [0.3, 0.4) is 0 Å². The van der Waals surface area contributed by atoms with Gasteiger partial charge >= 0.3 is 0 Å². The van der Waals surface area contributed by atoms with Gasteiger partial charge in [0.25, 0.3) is 0 Å². The van der Waals surface area contributed by atoms with Crippen molar-refractivity contribution >= 4 is 11.8 Å². The van der Waals surface area contributed by atoms with Crippen molar-refractivity contribution in [3.63, 3.8) is 0 Å². The molecular formula is C12H26N4O2. The lowest BCUT2D eigenvalue weighted by Gasteiger charge is -2.23. The van der Waals surface area contributed by atoms with Crippen LogP contribution in [0.1, 0.15) is 20.3 Å². The van der Waals surface area contributed by atoms with Crippen LogP contribution < -0.4 is 11.1 Å². The highest BCUT2D eigenvalue weighted by Crippen LogP contribution is 1.92. The molecule has 0 aliphatic heterocycles. The minimum absolute atomic E-state index is 0.0584. The molecule has 18 heavy (non-hydrogen) atoms. The number of hydrogen-bond donors (Lipinski definition) is 2. The van der Waals surface area contributed by atoms with Crippen molar-refractivity contribution in [3.8, 4) is 0 Å². The third-order valence-corrected chi connectivity index (χ3v) is 2.63. The molecule has 3 N–H and O–H groups in total. The van der Waals surface area contributed by atoms with E-state index in [2.05, 4.69) is 5.32 Å². The fraction of sp³-hybridized carbons (Fsp3) is 0.833. The van der Waals surface area contributed by atoms with Gasteiger partial charge in [-0.25, -0.2) is 0 Å². The van der Waals surface area contributed by atoms with Crippen LogP contribution in [0.25, 0.3) is 0 Å². The summed E-state index contributed by atoms with van der Waals surface area (Å²) >= 11 is 0. The van der Waals surface area contributed by atoms with Crippen LogP contribution in [-0.2, 0) is 9.59 Å². The second-order valence-corrected chi connectivity index (χ2v) is 4.26. The number of carbonyl (C=O) groups is 2. The highest BCUT2D eigenvalue weighted by Gasteiger charge is 2.15. The molecule has 0 aliphatic rings. The first-order valence-electron chi connectivity index (χ1n) is 6.48. The molecule has 0 atom stereocenters. The van der Waals surface area contributed by atoms with Crippen molar-refractivity contribution in [2.75, 3.05) is 46.3 Å². The normalized spacial score (nSPS) is 10.5. The summed E-state index contributed by atoms with van der Waals surface area (Å²) in [6, 6.07) is 0. The van der Waals surface area contributed by atoms with E-state index in [4.69, 9.17) is 5.73 Å². The number of hydrogen-bond acceptors (Lipinski definition) is 4. The highest BCUT2D eigenvalue weighted by atomic mass is 16.2. The van der Waals surface area contributed by atoms with Crippen LogP contribution in [0.4, 0.5) is 0 Å². The van der Waals surface area contributed by atoms with E-state index in [0.717, 1.165) is 13.0 Å². The monoisotopic (exact) mass is 258 g/mol. The van der Waals surface area contributed by atoms with E-state index in [1.165, 1.54) is 4.90 Å². The van der Waals surface area contributed by atoms with Crippen LogP contribution in [0, 0.1) is 0 Å². The van der Waals surface area contributed by atoms with E-state index in [0.29, 0.717) is 26.2 Å². The SMILES string of the molecule is CCCNC(=O)CN(C)C(=O)CN(CC)CCN. The van der Waals surface area contributed by atoms with Gasteiger partial charge in [0.15, 0.2) is 0 Å². The molecule has 0 fully saturated rings. The summed E-state index contributed by atoms with van der Waals surface area (Å²) in [5.74, 6) is -0.175. The second-order valence-electron chi connectivity index (χ2n) is 4.26. The molecule has 0 saturated heterocycles. The molecule has 0 heterocycles. The zero-order valence-corrected chi connectivity index (χ0v) is 11.7. The van der Waals surface area contributed by atoms with E-state index in [1.807, 2.05) is 18.7 Å². The Balaban J connectivity index is 4.04. The van der Waals surface area contributed by atoms with Gasteiger partial charge in [0.2, 0.25) is 11.8 Å². The van der Waals surface area contributed by atoms with E-state index >= 15 is 0 Å². The zero-order valence-electron chi connectivity index (χ0n) is 11.7. The molecule has 6 nitrogen and oxygen atoms in total. The third kappa shape index (κ3) is 7.24. The predicted molar refractivity (Wildman–Crippen MR) is 72.1 cm³/mol. The first-order chi connectivity index (χ1) is 8.54. The summed E-state index contributed by atoms with van der Waals surface area (Å²) in [7, 11) is 1.64. The maximum absolute atomic E-state index is 11.9. The molecule has 106 valence electrons. The summed E-state index contributed by atoms with van der Waals surface area (Å²) in [5, 5.41) is 2.74. The minimum atomic E-state index is -0.116. The average Bonchev–Trinajstić information content (AvgIpc) is 2.35. The van der Waals surface area contributed by atoms with E-state index in [-0.39, 0.29) is 18.4 Å². The Bertz CT molecular complexity index is 258. The molecular weight excluding hydrogens is 232 g/mol. The summed E-state index contributed by atoms with van der Waals surface area (Å²) < 4.78 is 0. The molecule has 2 amide bonds. The Morgan fingerprint density at radius 2 is 1.89 bits per heavy atom. The van der Waals surface area contributed by atoms with Gasteiger partial charge in [-0.1, -0.05) is 13.8 Å². The van der Waals surface area contributed by atoms with E-state index in [1.54, 1.807) is 7.05 Å². The number of carbonyl (C=O) groups excluding carboxylic acids is 2. The predicted octanol–water partition coefficient (Wildman–Crippen LogP) is -0.748. The number of nitrogens with one attached hydrogen (secondary N) is 1. The van der Waals surface area contributed by atoms with Crippen molar-refractivity contribution in [1.82, 2.24) is 15.1 Å². The number of nitrogens with two attached hydrogens (primary N) is 1. The third-order valence-electron chi connectivity index (χ3n) is 2.63. The molecule has 0 aromatic heterocycles. The van der Waals surface area contributed by atoms with Crippen LogP contribution in [0.15, 0.2) is 0 Å². The molecule has 0 aromatic rings. The smallest absolute Gasteiger partial charge is 0.239 e. The summed E-state index contributed by atoms with van der Waals surface area (Å²) in [6.07, 6.45) is 0.892. The fourth-order valence-electron chi connectivity index (χ4n) is 1.47. The van der Waals surface area contributed by atoms with Gasteiger partial charge in [-0.15, -0.1) is 0 Å². The van der Waals surface area contributed by atoms with Crippen molar-refractivity contribution in [2.24, 2.45) is 5.73 Å². The summed E-state index contributed by atoms with van der Waals surface area (Å²) in [5.41, 5.74) is 5.46. The number of rotatable bonds is 9. The van der Waals surface area contributed by atoms with Gasteiger partial charge in [-0.3, -0.25) is 14.5 Å². The van der Waals surface area contributed by atoms with Gasteiger partial charge in [-0.05, 0) is 13.0 Å². The van der Waals surface area contributed by atoms with Crippen molar-refractivity contribution < 1.29 is 9.59 Å². The first kappa shape index (κ1) is 16.9. The van der Waals surface area contributed by atoms with Crippen molar-refractivity contribution in [3.05, 3.63) is 0 Å². The molecule has 6 heteroatoms. The first-order valence-corrected chi connectivity index (χ1v) is 6.48. The summed E-state index contributed by atoms with van der Waals surface area (Å²) in [4.78, 5) is 26.7. The van der Waals surface area contributed by atoms with Crippen molar-refractivity contribution in [1.29, 1.82) is 0 Å². The molecule has 0 radical (unpaired) electrons. The van der Waals surface area contributed by atoms with Gasteiger partial charge < -0.3 is 16.0 Å². The molecule has 0 rings (SSSR count). The van der Waals surface area contributed by atoms with Crippen molar-refractivity contribution in [2.45, 2.75) is 20.3 Å².